The highest BCUT2D eigenvalue weighted by Gasteiger charge is 2.39. The first kappa shape index (κ1) is 15.5. The number of carboxylic acids is 1. The second kappa shape index (κ2) is 6.26. The van der Waals surface area contributed by atoms with Gasteiger partial charge in [-0.15, -0.1) is 0 Å². The van der Waals surface area contributed by atoms with Crippen molar-refractivity contribution in [3.63, 3.8) is 0 Å². The lowest BCUT2D eigenvalue weighted by atomic mass is 9.87. The molecule has 0 saturated heterocycles. The van der Waals surface area contributed by atoms with Crippen molar-refractivity contribution < 1.29 is 14.3 Å². The summed E-state index contributed by atoms with van der Waals surface area (Å²) in [6, 6.07) is 13.0. The normalized spacial score (nSPS) is 13.5. The smallest absolute Gasteiger partial charge is 0.334 e. The molecule has 3 nitrogen and oxygen atoms in total. The van der Waals surface area contributed by atoms with Gasteiger partial charge in [0, 0.05) is 4.47 Å². The lowest BCUT2D eigenvalue weighted by Crippen LogP contribution is -2.43. The molecule has 0 aliphatic heterocycles. The molecule has 1 unspecified atom stereocenters. The van der Waals surface area contributed by atoms with Crippen LogP contribution < -0.4 is 5.32 Å². The molecule has 2 N–H and O–H groups in total. The van der Waals surface area contributed by atoms with Gasteiger partial charge in [0.05, 0.1) is 5.69 Å². The van der Waals surface area contributed by atoms with Crippen LogP contribution in [-0.2, 0) is 10.3 Å². The summed E-state index contributed by atoms with van der Waals surface area (Å²) in [6.07, 6.45) is 0.276. The standard InChI is InChI=1S/C16H15BrFNO2/c1-2-16(15(20)21,11-7-9-12(17)10-8-11)19-14-6-4-3-5-13(14)18/h3-10,19H,2H2,1H3,(H,20,21). The fraction of sp³-hybridized carbons (Fsp3) is 0.188. The molecule has 0 heterocycles. The van der Waals surface area contributed by atoms with E-state index in [1.807, 2.05) is 0 Å². The number of anilines is 1. The minimum Gasteiger partial charge on any atom is -0.479 e. The molecule has 0 spiro atoms. The van der Waals surface area contributed by atoms with Crippen LogP contribution in [0.4, 0.5) is 10.1 Å². The molecule has 0 saturated carbocycles. The van der Waals surface area contributed by atoms with Crippen LogP contribution in [0.2, 0.25) is 0 Å². The van der Waals surface area contributed by atoms with Crippen molar-refractivity contribution in [3.05, 3.63) is 64.4 Å². The van der Waals surface area contributed by atoms with Gasteiger partial charge in [-0.25, -0.2) is 9.18 Å². The lowest BCUT2D eigenvalue weighted by molar-refractivity contribution is -0.142. The third kappa shape index (κ3) is 3.08. The molecular formula is C16H15BrFNO2. The molecule has 0 aromatic heterocycles. The molecule has 110 valence electrons. The number of rotatable bonds is 5. The monoisotopic (exact) mass is 351 g/mol. The zero-order valence-electron chi connectivity index (χ0n) is 11.4. The van der Waals surface area contributed by atoms with E-state index in [-0.39, 0.29) is 12.1 Å². The number of benzene rings is 2. The number of aliphatic carboxylic acids is 1. The Morgan fingerprint density at radius 1 is 1.24 bits per heavy atom. The highest BCUT2D eigenvalue weighted by molar-refractivity contribution is 9.10. The second-order valence-corrected chi connectivity index (χ2v) is 5.59. The molecule has 0 aliphatic carbocycles. The van der Waals surface area contributed by atoms with Crippen LogP contribution in [-0.4, -0.2) is 11.1 Å². The summed E-state index contributed by atoms with van der Waals surface area (Å²) in [5.74, 6) is -1.52. The zero-order valence-corrected chi connectivity index (χ0v) is 13.0. The third-order valence-corrected chi connectivity index (χ3v) is 3.98. The fourth-order valence-electron chi connectivity index (χ4n) is 2.22. The number of carboxylic acid groups (broad SMARTS) is 1. The van der Waals surface area contributed by atoms with E-state index in [1.165, 1.54) is 12.1 Å². The van der Waals surface area contributed by atoms with Gasteiger partial charge in [-0.3, -0.25) is 0 Å². The minimum atomic E-state index is -1.37. The van der Waals surface area contributed by atoms with Gasteiger partial charge in [-0.05, 0) is 36.2 Å². The molecule has 2 aromatic carbocycles. The number of carbonyl (C=O) groups is 1. The Bertz CT molecular complexity index is 645. The average Bonchev–Trinajstić information content (AvgIpc) is 2.47. The predicted molar refractivity (Wildman–Crippen MR) is 83.8 cm³/mol. The molecule has 0 amide bonds. The van der Waals surface area contributed by atoms with E-state index in [4.69, 9.17) is 0 Å². The van der Waals surface area contributed by atoms with Crippen LogP contribution in [0.15, 0.2) is 53.0 Å². The minimum absolute atomic E-state index is 0.171. The van der Waals surface area contributed by atoms with Crippen LogP contribution in [0.1, 0.15) is 18.9 Å². The molecule has 0 fully saturated rings. The molecule has 21 heavy (non-hydrogen) atoms. The van der Waals surface area contributed by atoms with Gasteiger partial charge in [-0.2, -0.15) is 0 Å². The number of halogens is 2. The quantitative estimate of drug-likeness (QED) is 0.839. The number of para-hydroxylation sites is 1. The average molecular weight is 352 g/mol. The molecule has 2 aromatic rings. The highest BCUT2D eigenvalue weighted by atomic mass is 79.9. The van der Waals surface area contributed by atoms with Crippen molar-refractivity contribution in [3.8, 4) is 0 Å². The Labute approximate surface area is 130 Å². The summed E-state index contributed by atoms with van der Waals surface area (Å²) in [4.78, 5) is 11.9. The van der Waals surface area contributed by atoms with E-state index in [2.05, 4.69) is 21.2 Å². The molecule has 0 bridgehead atoms. The summed E-state index contributed by atoms with van der Waals surface area (Å²) in [6.45, 7) is 1.75. The summed E-state index contributed by atoms with van der Waals surface area (Å²) >= 11 is 3.32. The van der Waals surface area contributed by atoms with Crippen molar-refractivity contribution in [2.45, 2.75) is 18.9 Å². The van der Waals surface area contributed by atoms with Crippen LogP contribution in [0.25, 0.3) is 0 Å². The van der Waals surface area contributed by atoms with E-state index in [0.717, 1.165) is 4.47 Å². The Morgan fingerprint density at radius 2 is 1.86 bits per heavy atom. The highest BCUT2D eigenvalue weighted by Crippen LogP contribution is 2.32. The number of nitrogens with one attached hydrogen (secondary N) is 1. The van der Waals surface area contributed by atoms with Crippen LogP contribution in [0, 0.1) is 5.82 Å². The van der Waals surface area contributed by atoms with Crippen molar-refractivity contribution in [1.29, 1.82) is 0 Å². The summed E-state index contributed by atoms with van der Waals surface area (Å²) < 4.78 is 14.7. The van der Waals surface area contributed by atoms with E-state index < -0.39 is 17.3 Å². The summed E-state index contributed by atoms with van der Waals surface area (Å²) in [7, 11) is 0. The van der Waals surface area contributed by atoms with Gasteiger partial charge >= 0.3 is 5.97 Å². The zero-order chi connectivity index (χ0) is 15.5. The Morgan fingerprint density at radius 3 is 2.38 bits per heavy atom. The van der Waals surface area contributed by atoms with Crippen LogP contribution in [0.3, 0.4) is 0 Å². The predicted octanol–water partition coefficient (Wildman–Crippen LogP) is 4.39. The first-order valence-electron chi connectivity index (χ1n) is 6.52. The van der Waals surface area contributed by atoms with Gasteiger partial charge in [-0.1, -0.05) is 47.1 Å². The molecular weight excluding hydrogens is 337 g/mol. The largest absolute Gasteiger partial charge is 0.479 e. The maximum Gasteiger partial charge on any atom is 0.334 e. The first-order valence-corrected chi connectivity index (χ1v) is 7.31. The van der Waals surface area contributed by atoms with E-state index in [9.17, 15) is 14.3 Å². The van der Waals surface area contributed by atoms with Crippen LogP contribution >= 0.6 is 15.9 Å². The number of hydrogen-bond acceptors (Lipinski definition) is 2. The first-order chi connectivity index (χ1) is 9.99. The van der Waals surface area contributed by atoms with Gasteiger partial charge in [0.15, 0.2) is 5.54 Å². The second-order valence-electron chi connectivity index (χ2n) is 4.68. The van der Waals surface area contributed by atoms with Gasteiger partial charge in [0.1, 0.15) is 5.82 Å². The van der Waals surface area contributed by atoms with Gasteiger partial charge in [0.2, 0.25) is 0 Å². The van der Waals surface area contributed by atoms with E-state index in [1.54, 1.807) is 43.3 Å². The van der Waals surface area contributed by atoms with Crippen molar-refractivity contribution in [2.24, 2.45) is 0 Å². The summed E-state index contributed by atoms with van der Waals surface area (Å²) in [5, 5.41) is 12.6. The Balaban J connectivity index is 2.50. The van der Waals surface area contributed by atoms with Gasteiger partial charge < -0.3 is 10.4 Å². The molecule has 2 rings (SSSR count). The maximum absolute atomic E-state index is 13.8. The fourth-order valence-corrected chi connectivity index (χ4v) is 2.48. The molecule has 5 heteroatoms. The van der Waals surface area contributed by atoms with Crippen molar-refractivity contribution in [2.75, 3.05) is 5.32 Å². The Hall–Kier alpha value is -1.88. The maximum atomic E-state index is 13.8. The van der Waals surface area contributed by atoms with Crippen LogP contribution in [0.5, 0.6) is 0 Å². The van der Waals surface area contributed by atoms with Crippen molar-refractivity contribution >= 4 is 27.6 Å². The topological polar surface area (TPSA) is 49.3 Å². The van der Waals surface area contributed by atoms with Gasteiger partial charge in [0.25, 0.3) is 0 Å². The molecule has 0 aliphatic rings. The molecule has 0 radical (unpaired) electrons. The lowest BCUT2D eigenvalue weighted by Gasteiger charge is -2.31. The summed E-state index contributed by atoms with van der Waals surface area (Å²) in [5.41, 5.74) is -0.628. The molecule has 1 atom stereocenters. The van der Waals surface area contributed by atoms with Crippen molar-refractivity contribution in [1.82, 2.24) is 0 Å². The SMILES string of the molecule is CCC(Nc1ccccc1F)(C(=O)O)c1ccc(Br)cc1. The van der Waals surface area contributed by atoms with E-state index >= 15 is 0 Å². The van der Waals surface area contributed by atoms with E-state index in [0.29, 0.717) is 5.56 Å². The third-order valence-electron chi connectivity index (χ3n) is 3.45. The number of hydrogen-bond donors (Lipinski definition) is 2. The Kier molecular flexibility index (Phi) is 4.63.